The molecule has 0 radical (unpaired) electrons. The Morgan fingerprint density at radius 2 is 2.00 bits per heavy atom. The number of nitrogens with zero attached hydrogens (tertiary/aromatic N) is 3. The van der Waals surface area contributed by atoms with Gasteiger partial charge in [0, 0.05) is 24.2 Å². The molecule has 0 bridgehead atoms. The molecule has 6 heteroatoms. The Morgan fingerprint density at radius 3 is 2.56 bits per heavy atom. The predicted octanol–water partition coefficient (Wildman–Crippen LogP) is 2.40. The van der Waals surface area contributed by atoms with E-state index in [0.29, 0.717) is 22.6 Å². The van der Waals surface area contributed by atoms with E-state index in [1.165, 1.54) is 6.07 Å². The van der Waals surface area contributed by atoms with Gasteiger partial charge in [0.15, 0.2) is 0 Å². The molecule has 0 fully saturated rings. The van der Waals surface area contributed by atoms with Crippen molar-refractivity contribution in [3.05, 3.63) is 46.0 Å². The minimum atomic E-state index is -0.395. The summed E-state index contributed by atoms with van der Waals surface area (Å²) in [6.07, 6.45) is 0. The van der Waals surface area contributed by atoms with Gasteiger partial charge in [-0.2, -0.15) is 0 Å². The van der Waals surface area contributed by atoms with Crippen molar-refractivity contribution >= 4 is 11.5 Å². The Morgan fingerprint density at radius 1 is 1.22 bits per heavy atom. The number of anilines is 1. The highest BCUT2D eigenvalue weighted by atomic mass is 16.6. The number of nitrogens with one attached hydrogen (secondary N) is 1. The van der Waals surface area contributed by atoms with Gasteiger partial charge in [0.1, 0.15) is 5.82 Å². The van der Waals surface area contributed by atoms with Crippen molar-refractivity contribution in [1.29, 1.82) is 0 Å². The van der Waals surface area contributed by atoms with Crippen LogP contribution in [-0.2, 0) is 0 Å². The molecule has 0 aliphatic rings. The van der Waals surface area contributed by atoms with Crippen LogP contribution in [0.4, 0.5) is 11.5 Å². The zero-order valence-corrected chi connectivity index (χ0v) is 10.0. The van der Waals surface area contributed by atoms with Crippen LogP contribution < -0.4 is 5.32 Å². The van der Waals surface area contributed by atoms with Crippen LogP contribution in [0.1, 0.15) is 5.56 Å². The number of benzene rings is 1. The summed E-state index contributed by atoms with van der Waals surface area (Å²) in [6, 6.07) is 8.56. The molecule has 6 nitrogen and oxygen atoms in total. The summed E-state index contributed by atoms with van der Waals surface area (Å²) in [6.45, 7) is 1.71. The molecule has 0 amide bonds. The number of rotatable bonds is 3. The lowest BCUT2D eigenvalue weighted by Gasteiger charge is -2.03. The van der Waals surface area contributed by atoms with E-state index in [2.05, 4.69) is 15.5 Å². The van der Waals surface area contributed by atoms with Crippen molar-refractivity contribution < 1.29 is 4.92 Å². The highest BCUT2D eigenvalue weighted by Gasteiger charge is 2.12. The maximum Gasteiger partial charge on any atom is 0.272 e. The normalized spacial score (nSPS) is 10.1. The lowest BCUT2D eigenvalue weighted by molar-refractivity contribution is -0.385. The van der Waals surface area contributed by atoms with Crippen molar-refractivity contribution in [3.63, 3.8) is 0 Å². The molecule has 0 aliphatic carbocycles. The van der Waals surface area contributed by atoms with Crippen LogP contribution in [0.2, 0.25) is 0 Å². The first kappa shape index (κ1) is 12.0. The highest BCUT2D eigenvalue weighted by molar-refractivity contribution is 5.64. The second-order valence-electron chi connectivity index (χ2n) is 3.81. The van der Waals surface area contributed by atoms with Crippen LogP contribution in [-0.4, -0.2) is 22.2 Å². The first-order valence-corrected chi connectivity index (χ1v) is 5.38. The Kier molecular flexibility index (Phi) is 3.18. The Labute approximate surface area is 104 Å². The number of nitro groups is 1. The molecule has 92 valence electrons. The summed E-state index contributed by atoms with van der Waals surface area (Å²) in [5.74, 6) is 0.653. The van der Waals surface area contributed by atoms with Crippen LogP contribution in [0.25, 0.3) is 11.3 Å². The van der Waals surface area contributed by atoms with Crippen molar-refractivity contribution in [2.75, 3.05) is 12.4 Å². The van der Waals surface area contributed by atoms with Gasteiger partial charge in [0.25, 0.3) is 5.69 Å². The quantitative estimate of drug-likeness (QED) is 0.662. The zero-order valence-electron chi connectivity index (χ0n) is 10.0. The van der Waals surface area contributed by atoms with Crippen LogP contribution in [0.15, 0.2) is 30.3 Å². The van der Waals surface area contributed by atoms with Gasteiger partial charge in [-0.3, -0.25) is 10.1 Å². The summed E-state index contributed by atoms with van der Waals surface area (Å²) in [5, 5.41) is 21.7. The molecule has 0 spiro atoms. The van der Waals surface area contributed by atoms with Gasteiger partial charge in [-0.25, -0.2) is 0 Å². The van der Waals surface area contributed by atoms with Gasteiger partial charge < -0.3 is 5.32 Å². The third kappa shape index (κ3) is 2.27. The van der Waals surface area contributed by atoms with Gasteiger partial charge in [-0.1, -0.05) is 12.1 Å². The summed E-state index contributed by atoms with van der Waals surface area (Å²) in [5.41, 5.74) is 2.01. The van der Waals surface area contributed by atoms with E-state index in [1.807, 2.05) is 0 Å². The first-order valence-electron chi connectivity index (χ1n) is 5.38. The minimum absolute atomic E-state index is 0.0898. The van der Waals surface area contributed by atoms with Crippen molar-refractivity contribution in [1.82, 2.24) is 10.2 Å². The standard InChI is InChI=1S/C12H12N4O2/c1-8-3-4-9(7-11(8)16(17)18)10-5-6-12(13-2)15-14-10/h3-7H,1-2H3,(H,13,15). The van der Waals surface area contributed by atoms with Crippen molar-refractivity contribution in [2.45, 2.75) is 6.92 Å². The number of hydrogen-bond donors (Lipinski definition) is 1. The van der Waals surface area contributed by atoms with E-state index in [9.17, 15) is 10.1 Å². The molecule has 1 N–H and O–H groups in total. The maximum absolute atomic E-state index is 10.9. The molecule has 2 aromatic rings. The van der Waals surface area contributed by atoms with Crippen LogP contribution in [0.5, 0.6) is 0 Å². The van der Waals surface area contributed by atoms with Gasteiger partial charge >= 0.3 is 0 Å². The Bertz CT molecular complexity index is 581. The third-order valence-electron chi connectivity index (χ3n) is 2.62. The summed E-state index contributed by atoms with van der Waals surface area (Å²) >= 11 is 0. The molecular formula is C12H12N4O2. The summed E-state index contributed by atoms with van der Waals surface area (Å²) < 4.78 is 0. The second-order valence-corrected chi connectivity index (χ2v) is 3.81. The fourth-order valence-electron chi connectivity index (χ4n) is 1.58. The summed E-state index contributed by atoms with van der Waals surface area (Å²) in [7, 11) is 1.75. The largest absolute Gasteiger partial charge is 0.372 e. The van der Waals surface area contributed by atoms with E-state index in [1.54, 1.807) is 38.2 Å². The van der Waals surface area contributed by atoms with Crippen LogP contribution in [0, 0.1) is 17.0 Å². The van der Waals surface area contributed by atoms with Crippen LogP contribution in [0.3, 0.4) is 0 Å². The van der Waals surface area contributed by atoms with Gasteiger partial charge in [0.2, 0.25) is 0 Å². The van der Waals surface area contributed by atoms with E-state index in [-0.39, 0.29) is 5.69 Å². The maximum atomic E-state index is 10.9. The minimum Gasteiger partial charge on any atom is -0.372 e. The average molecular weight is 244 g/mol. The number of aryl methyl sites for hydroxylation is 1. The fraction of sp³-hybridized carbons (Fsp3) is 0.167. The highest BCUT2D eigenvalue weighted by Crippen LogP contribution is 2.25. The predicted molar refractivity (Wildman–Crippen MR) is 68.4 cm³/mol. The van der Waals surface area contributed by atoms with Crippen molar-refractivity contribution in [3.8, 4) is 11.3 Å². The SMILES string of the molecule is CNc1ccc(-c2ccc(C)c([N+](=O)[O-])c2)nn1. The lowest BCUT2D eigenvalue weighted by atomic mass is 10.1. The molecule has 0 saturated heterocycles. The number of aromatic nitrogens is 2. The molecule has 0 saturated carbocycles. The monoisotopic (exact) mass is 244 g/mol. The number of nitro benzene ring substituents is 1. The van der Waals surface area contributed by atoms with E-state index < -0.39 is 4.92 Å². The lowest BCUT2D eigenvalue weighted by Crippen LogP contribution is -1.96. The topological polar surface area (TPSA) is 81.0 Å². The smallest absolute Gasteiger partial charge is 0.272 e. The fourth-order valence-corrected chi connectivity index (χ4v) is 1.58. The molecule has 1 heterocycles. The third-order valence-corrected chi connectivity index (χ3v) is 2.62. The molecule has 1 aromatic carbocycles. The van der Waals surface area contributed by atoms with Gasteiger partial charge in [-0.15, -0.1) is 10.2 Å². The molecule has 0 unspecified atom stereocenters. The Hall–Kier alpha value is -2.50. The van der Waals surface area contributed by atoms with E-state index >= 15 is 0 Å². The molecule has 0 aliphatic heterocycles. The second kappa shape index (κ2) is 4.79. The van der Waals surface area contributed by atoms with E-state index in [0.717, 1.165) is 0 Å². The van der Waals surface area contributed by atoms with E-state index in [4.69, 9.17) is 0 Å². The van der Waals surface area contributed by atoms with Gasteiger partial charge in [0.05, 0.1) is 10.6 Å². The average Bonchev–Trinajstić information content (AvgIpc) is 2.39. The Balaban J connectivity index is 2.44. The summed E-state index contributed by atoms with van der Waals surface area (Å²) in [4.78, 5) is 10.5. The molecular weight excluding hydrogens is 232 g/mol. The molecule has 2 rings (SSSR count). The zero-order chi connectivity index (χ0) is 13.1. The molecule has 0 atom stereocenters. The van der Waals surface area contributed by atoms with Gasteiger partial charge in [-0.05, 0) is 19.1 Å². The molecule has 1 aromatic heterocycles. The first-order chi connectivity index (χ1) is 8.61. The van der Waals surface area contributed by atoms with Crippen LogP contribution >= 0.6 is 0 Å². The number of hydrogen-bond acceptors (Lipinski definition) is 5. The van der Waals surface area contributed by atoms with Crippen molar-refractivity contribution in [2.24, 2.45) is 0 Å². The molecule has 18 heavy (non-hydrogen) atoms.